The highest BCUT2D eigenvalue weighted by molar-refractivity contribution is 7.32. The van der Waals surface area contributed by atoms with Crippen molar-refractivity contribution in [3.8, 4) is 0 Å². The Bertz CT molecular complexity index is 647. The van der Waals surface area contributed by atoms with Crippen LogP contribution in [0.3, 0.4) is 0 Å². The van der Waals surface area contributed by atoms with Crippen LogP contribution in [0, 0.1) is 6.92 Å². The molecule has 0 aliphatic carbocycles. The van der Waals surface area contributed by atoms with Crippen LogP contribution in [0.25, 0.3) is 0 Å². The molecule has 1 saturated heterocycles. The molecular weight excluding hydrogens is 332 g/mol. The molecular formula is C15H22BNO6P+. The van der Waals surface area contributed by atoms with E-state index in [1.807, 2.05) is 33.8 Å². The molecule has 24 heavy (non-hydrogen) atoms. The monoisotopic (exact) mass is 354 g/mol. The van der Waals surface area contributed by atoms with Crippen molar-refractivity contribution in [1.82, 2.24) is 5.32 Å². The van der Waals surface area contributed by atoms with Crippen LogP contribution in [0.15, 0.2) is 18.2 Å². The van der Waals surface area contributed by atoms with Gasteiger partial charge in [0.25, 0.3) is 5.91 Å². The number of rotatable bonds is 5. The second-order valence-electron chi connectivity index (χ2n) is 6.68. The molecule has 0 aromatic heterocycles. The van der Waals surface area contributed by atoms with Gasteiger partial charge in [0.05, 0.1) is 11.2 Å². The number of hydrogen-bond acceptors (Lipinski definition) is 5. The van der Waals surface area contributed by atoms with Crippen LogP contribution in [-0.4, -0.2) is 35.9 Å². The maximum atomic E-state index is 12.1. The fraction of sp³-hybridized carbons (Fsp3) is 0.533. The van der Waals surface area contributed by atoms with Gasteiger partial charge in [-0.25, -0.2) is 0 Å². The van der Waals surface area contributed by atoms with E-state index in [1.54, 1.807) is 19.1 Å². The average molecular weight is 354 g/mol. The summed E-state index contributed by atoms with van der Waals surface area (Å²) in [6.45, 7) is 9.39. The molecule has 1 fully saturated rings. The smallest absolute Gasteiger partial charge is 0.399 e. The van der Waals surface area contributed by atoms with Crippen molar-refractivity contribution in [2.45, 2.75) is 45.8 Å². The van der Waals surface area contributed by atoms with Gasteiger partial charge in [-0.3, -0.25) is 4.79 Å². The zero-order chi connectivity index (χ0) is 18.1. The van der Waals surface area contributed by atoms with E-state index in [1.165, 1.54) is 0 Å². The van der Waals surface area contributed by atoms with E-state index in [0.29, 0.717) is 5.56 Å². The molecule has 1 aliphatic heterocycles. The van der Waals surface area contributed by atoms with Crippen molar-refractivity contribution in [1.29, 1.82) is 0 Å². The van der Waals surface area contributed by atoms with E-state index in [2.05, 4.69) is 9.84 Å². The first-order valence-electron chi connectivity index (χ1n) is 7.57. The van der Waals surface area contributed by atoms with Crippen LogP contribution in [-0.2, 0) is 18.4 Å². The number of carbonyl (C=O) groups excluding carboxylic acids is 1. The minimum atomic E-state index is -2.74. The maximum Gasteiger partial charge on any atom is 0.696 e. The fourth-order valence-electron chi connectivity index (χ4n) is 2.32. The molecule has 130 valence electrons. The van der Waals surface area contributed by atoms with Crippen LogP contribution >= 0.6 is 8.25 Å². The van der Waals surface area contributed by atoms with Crippen molar-refractivity contribution in [3.05, 3.63) is 29.3 Å². The largest absolute Gasteiger partial charge is 0.696 e. The van der Waals surface area contributed by atoms with Crippen LogP contribution in [0.5, 0.6) is 0 Å². The molecule has 1 aliphatic rings. The van der Waals surface area contributed by atoms with Gasteiger partial charge in [-0.05, 0) is 51.7 Å². The van der Waals surface area contributed by atoms with E-state index in [-0.39, 0.29) is 12.6 Å². The van der Waals surface area contributed by atoms with Crippen molar-refractivity contribution >= 4 is 26.7 Å². The van der Waals surface area contributed by atoms with E-state index in [0.717, 1.165) is 11.0 Å². The summed E-state index contributed by atoms with van der Waals surface area (Å²) in [5.74, 6) is -0.384. The van der Waals surface area contributed by atoms with Crippen LogP contribution < -0.4 is 10.8 Å². The summed E-state index contributed by atoms with van der Waals surface area (Å²) < 4.78 is 26.8. The van der Waals surface area contributed by atoms with Crippen LogP contribution in [0.2, 0.25) is 0 Å². The maximum absolute atomic E-state index is 12.1. The molecule has 1 atom stereocenters. The quantitative estimate of drug-likeness (QED) is 0.474. The van der Waals surface area contributed by atoms with Gasteiger partial charge in [0, 0.05) is 10.1 Å². The molecule has 0 saturated carbocycles. The van der Waals surface area contributed by atoms with Gasteiger partial charge < -0.3 is 14.6 Å². The molecule has 1 amide bonds. The zero-order valence-corrected chi connectivity index (χ0v) is 15.3. The summed E-state index contributed by atoms with van der Waals surface area (Å²) in [6.07, 6.45) is 0. The molecule has 1 aromatic rings. The SMILES string of the molecule is Cc1cc(B2OC(C)(C)C(C)(C)O2)ccc1C(=O)NCO[P+](=O)O. The van der Waals surface area contributed by atoms with Crippen molar-refractivity contribution in [2.75, 3.05) is 6.73 Å². The summed E-state index contributed by atoms with van der Waals surface area (Å²) in [6, 6.07) is 5.28. The Balaban J connectivity index is 2.10. The van der Waals surface area contributed by atoms with E-state index in [9.17, 15) is 9.36 Å². The highest BCUT2D eigenvalue weighted by Crippen LogP contribution is 2.36. The molecule has 9 heteroatoms. The number of benzene rings is 1. The lowest BCUT2D eigenvalue weighted by molar-refractivity contribution is 0.00578. The zero-order valence-electron chi connectivity index (χ0n) is 14.5. The van der Waals surface area contributed by atoms with Gasteiger partial charge >= 0.3 is 15.4 Å². The highest BCUT2D eigenvalue weighted by atomic mass is 31.1. The van der Waals surface area contributed by atoms with Crippen molar-refractivity contribution in [2.24, 2.45) is 0 Å². The first-order chi connectivity index (χ1) is 11.0. The number of carbonyl (C=O) groups is 1. The lowest BCUT2D eigenvalue weighted by atomic mass is 9.78. The number of hydrogen-bond donors (Lipinski definition) is 2. The minimum Gasteiger partial charge on any atom is -0.399 e. The summed E-state index contributed by atoms with van der Waals surface area (Å²) in [7, 11) is -3.23. The lowest BCUT2D eigenvalue weighted by Crippen LogP contribution is -2.41. The summed E-state index contributed by atoms with van der Waals surface area (Å²) in [5.41, 5.74) is 1.16. The van der Waals surface area contributed by atoms with Gasteiger partial charge in [0.15, 0.2) is 6.73 Å². The third kappa shape index (κ3) is 4.02. The third-order valence-electron chi connectivity index (χ3n) is 4.43. The summed E-state index contributed by atoms with van der Waals surface area (Å²) >= 11 is 0. The first kappa shape index (κ1) is 19.0. The summed E-state index contributed by atoms with van der Waals surface area (Å²) in [4.78, 5) is 20.6. The van der Waals surface area contributed by atoms with Crippen LogP contribution in [0.4, 0.5) is 0 Å². The molecule has 0 radical (unpaired) electrons. The molecule has 1 heterocycles. The number of nitrogens with one attached hydrogen (secondary N) is 1. The van der Waals surface area contributed by atoms with Gasteiger partial charge in [-0.2, -0.15) is 0 Å². The summed E-state index contributed by atoms with van der Waals surface area (Å²) in [5, 5.41) is 2.42. The molecule has 0 bridgehead atoms. The Hall–Kier alpha value is -1.31. The van der Waals surface area contributed by atoms with Crippen molar-refractivity contribution < 1.29 is 28.1 Å². The van der Waals surface area contributed by atoms with Crippen LogP contribution in [0.1, 0.15) is 43.6 Å². The number of amides is 1. The Labute approximate surface area is 142 Å². The fourth-order valence-corrected chi connectivity index (χ4v) is 2.49. The molecule has 2 N–H and O–H groups in total. The second kappa shape index (κ2) is 6.90. The standard InChI is InChI=1S/C15H21BNO6P/c1-10-8-11(16-22-14(2,3)15(4,5)23-16)6-7-12(10)13(18)17-9-21-24(19)20/h6-8H,9H2,1-5H3,(H-,17,18,19,20)/p+1. The Morgan fingerprint density at radius 3 is 2.38 bits per heavy atom. The molecule has 1 aromatic carbocycles. The normalized spacial score (nSPS) is 19.2. The molecule has 1 unspecified atom stereocenters. The van der Waals surface area contributed by atoms with E-state index < -0.39 is 26.6 Å². The van der Waals surface area contributed by atoms with Gasteiger partial charge in [0.2, 0.25) is 0 Å². The average Bonchev–Trinajstić information content (AvgIpc) is 2.66. The van der Waals surface area contributed by atoms with Gasteiger partial charge in [0.1, 0.15) is 0 Å². The van der Waals surface area contributed by atoms with E-state index in [4.69, 9.17) is 14.2 Å². The predicted molar refractivity (Wildman–Crippen MR) is 90.1 cm³/mol. The van der Waals surface area contributed by atoms with E-state index >= 15 is 0 Å². The molecule has 0 spiro atoms. The number of aryl methyl sites for hydroxylation is 1. The van der Waals surface area contributed by atoms with Gasteiger partial charge in [-0.15, -0.1) is 4.89 Å². The predicted octanol–water partition coefficient (Wildman–Crippen LogP) is 1.65. The topological polar surface area (TPSA) is 94.1 Å². The molecule has 2 rings (SSSR count). The second-order valence-corrected chi connectivity index (χ2v) is 7.41. The molecule has 7 nitrogen and oxygen atoms in total. The van der Waals surface area contributed by atoms with Crippen molar-refractivity contribution in [3.63, 3.8) is 0 Å². The Kier molecular flexibility index (Phi) is 5.47. The van der Waals surface area contributed by atoms with Gasteiger partial charge in [-0.1, -0.05) is 16.7 Å². The Morgan fingerprint density at radius 2 is 1.88 bits per heavy atom. The third-order valence-corrected chi connectivity index (χ3v) is 4.78. The Morgan fingerprint density at radius 1 is 1.29 bits per heavy atom. The first-order valence-corrected chi connectivity index (χ1v) is 8.70. The highest BCUT2D eigenvalue weighted by Gasteiger charge is 2.51. The minimum absolute atomic E-state index is 0.330. The lowest BCUT2D eigenvalue weighted by Gasteiger charge is -2.32.